The lowest BCUT2D eigenvalue weighted by atomic mass is 10.1. The topological polar surface area (TPSA) is 81.0 Å². The highest BCUT2D eigenvalue weighted by Gasteiger charge is 2.20. The van der Waals surface area contributed by atoms with Crippen molar-refractivity contribution in [3.8, 4) is 5.75 Å². The maximum Gasteiger partial charge on any atom is 0.273 e. The van der Waals surface area contributed by atoms with Gasteiger partial charge in [0, 0.05) is 12.5 Å². The summed E-state index contributed by atoms with van der Waals surface area (Å²) in [6.07, 6.45) is 0.418. The molecule has 0 spiro atoms. The van der Waals surface area contributed by atoms with Crippen LogP contribution in [0, 0.1) is 5.82 Å². The van der Waals surface area contributed by atoms with Gasteiger partial charge in [0.2, 0.25) is 0 Å². The number of nitrogens with zero attached hydrogens (tertiary/aromatic N) is 5. The monoisotopic (exact) mass is 416 g/mol. The van der Waals surface area contributed by atoms with Crippen LogP contribution in [0.3, 0.4) is 0 Å². The molecule has 140 valence electrons. The summed E-state index contributed by atoms with van der Waals surface area (Å²) in [4.78, 5) is 7.61. The predicted octanol–water partition coefficient (Wildman–Crippen LogP) is 4.20. The van der Waals surface area contributed by atoms with E-state index in [1.54, 1.807) is 22.7 Å². The summed E-state index contributed by atoms with van der Waals surface area (Å²) in [7, 11) is 1.52. The van der Waals surface area contributed by atoms with E-state index in [9.17, 15) is 4.39 Å². The van der Waals surface area contributed by atoms with Crippen LogP contribution in [0.15, 0.2) is 30.3 Å². The Hall–Kier alpha value is -2.97. The fraction of sp³-hybridized carbons (Fsp3) is 0.111. The Morgan fingerprint density at radius 3 is 2.71 bits per heavy atom. The first-order chi connectivity index (χ1) is 13.5. The Labute approximate surface area is 167 Å². The van der Waals surface area contributed by atoms with Gasteiger partial charge >= 0.3 is 0 Å². The third-order valence-corrected chi connectivity index (χ3v) is 5.16. The van der Waals surface area contributed by atoms with Gasteiger partial charge in [-0.15, -0.1) is 10.2 Å². The Morgan fingerprint density at radius 2 is 1.96 bits per heavy atom. The van der Waals surface area contributed by atoms with Crippen molar-refractivity contribution < 1.29 is 9.13 Å². The number of benzene rings is 2. The van der Waals surface area contributed by atoms with Gasteiger partial charge in [-0.1, -0.05) is 35.3 Å². The standard InChI is InChI=1S/C18H11Cl2FN6O/c1-28-11-7-10(19)15-13(14(11)20)16-17(22-15)23-18-25-24-12(27(18)26-16)6-8-2-4-9(21)5-3-8/h2-5,7H,6H2,1H3,(H,22,23,25). The molecule has 0 aliphatic carbocycles. The zero-order chi connectivity index (χ0) is 19.4. The zero-order valence-electron chi connectivity index (χ0n) is 14.4. The third kappa shape index (κ3) is 2.56. The van der Waals surface area contributed by atoms with Gasteiger partial charge in [0.1, 0.15) is 17.1 Å². The first-order valence-corrected chi connectivity index (χ1v) is 9.01. The second-order valence-corrected chi connectivity index (χ2v) is 6.98. The van der Waals surface area contributed by atoms with Gasteiger partial charge in [0.25, 0.3) is 5.78 Å². The molecule has 5 rings (SSSR count). The highest BCUT2D eigenvalue weighted by Crippen LogP contribution is 2.40. The normalized spacial score (nSPS) is 11.7. The van der Waals surface area contributed by atoms with E-state index >= 15 is 0 Å². The summed E-state index contributed by atoms with van der Waals surface area (Å²) < 4.78 is 20.0. The van der Waals surface area contributed by atoms with Crippen LogP contribution in [-0.4, -0.2) is 36.9 Å². The van der Waals surface area contributed by atoms with Crippen molar-refractivity contribution in [1.82, 2.24) is 29.8 Å². The molecule has 0 aliphatic heterocycles. The fourth-order valence-electron chi connectivity index (χ4n) is 3.14. The highest BCUT2D eigenvalue weighted by molar-refractivity contribution is 6.43. The molecule has 0 aliphatic rings. The molecular formula is C18H11Cl2FN6O. The summed E-state index contributed by atoms with van der Waals surface area (Å²) in [6, 6.07) is 7.81. The minimum Gasteiger partial charge on any atom is -0.495 e. The Morgan fingerprint density at radius 1 is 1.18 bits per heavy atom. The average Bonchev–Trinajstić information content (AvgIpc) is 3.26. The molecule has 1 N–H and O–H groups in total. The van der Waals surface area contributed by atoms with Crippen LogP contribution in [0.25, 0.3) is 27.8 Å². The minimum absolute atomic E-state index is 0.296. The molecule has 0 atom stereocenters. The maximum absolute atomic E-state index is 13.1. The molecule has 3 heterocycles. The number of hydrogen-bond donors (Lipinski definition) is 1. The Balaban J connectivity index is 1.74. The van der Waals surface area contributed by atoms with E-state index in [0.29, 0.717) is 55.9 Å². The van der Waals surface area contributed by atoms with E-state index in [1.807, 2.05) is 0 Å². The summed E-state index contributed by atoms with van der Waals surface area (Å²) in [5.74, 6) is 1.04. The highest BCUT2D eigenvalue weighted by atomic mass is 35.5. The molecule has 0 fully saturated rings. The van der Waals surface area contributed by atoms with Crippen LogP contribution in [0.4, 0.5) is 4.39 Å². The number of ether oxygens (including phenoxy) is 1. The summed E-state index contributed by atoms with van der Waals surface area (Å²) in [6.45, 7) is 0. The van der Waals surface area contributed by atoms with E-state index in [1.165, 1.54) is 19.2 Å². The van der Waals surface area contributed by atoms with Crippen molar-refractivity contribution in [1.29, 1.82) is 0 Å². The number of methoxy groups -OCH3 is 1. The molecule has 7 nitrogen and oxygen atoms in total. The smallest absolute Gasteiger partial charge is 0.273 e. The number of halogens is 3. The van der Waals surface area contributed by atoms with Crippen molar-refractivity contribution in [2.75, 3.05) is 7.11 Å². The van der Waals surface area contributed by atoms with Crippen LogP contribution >= 0.6 is 23.2 Å². The number of rotatable bonds is 3. The maximum atomic E-state index is 13.1. The lowest BCUT2D eigenvalue weighted by Crippen LogP contribution is -2.02. The number of fused-ring (bicyclic) bond motifs is 4. The average molecular weight is 417 g/mol. The van der Waals surface area contributed by atoms with Crippen molar-refractivity contribution in [3.05, 3.63) is 57.6 Å². The zero-order valence-corrected chi connectivity index (χ0v) is 15.9. The van der Waals surface area contributed by atoms with Crippen LogP contribution in [0.5, 0.6) is 5.75 Å². The molecule has 0 amide bonds. The summed E-state index contributed by atoms with van der Waals surface area (Å²) in [5.41, 5.74) is 2.50. The van der Waals surface area contributed by atoms with Crippen LogP contribution in [0.2, 0.25) is 10.0 Å². The number of nitrogens with one attached hydrogen (secondary N) is 1. The van der Waals surface area contributed by atoms with E-state index < -0.39 is 0 Å². The molecule has 0 unspecified atom stereocenters. The van der Waals surface area contributed by atoms with E-state index in [4.69, 9.17) is 27.9 Å². The molecule has 5 aromatic rings. The second kappa shape index (κ2) is 6.29. The number of aromatic amines is 1. The van der Waals surface area contributed by atoms with E-state index in [2.05, 4.69) is 25.3 Å². The molecule has 2 aromatic carbocycles. The van der Waals surface area contributed by atoms with Crippen LogP contribution < -0.4 is 4.74 Å². The summed E-state index contributed by atoms with van der Waals surface area (Å²) >= 11 is 12.8. The third-order valence-electron chi connectivity index (χ3n) is 4.48. The SMILES string of the molecule is COc1cc(Cl)c2[nH]c3nc4nnc(Cc5ccc(F)cc5)n4nc3c2c1Cl. The van der Waals surface area contributed by atoms with E-state index in [-0.39, 0.29) is 5.82 Å². The molecule has 10 heteroatoms. The van der Waals surface area contributed by atoms with Crippen LogP contribution in [-0.2, 0) is 6.42 Å². The van der Waals surface area contributed by atoms with Crippen molar-refractivity contribution in [2.24, 2.45) is 0 Å². The molecule has 0 saturated carbocycles. The quantitative estimate of drug-likeness (QED) is 0.476. The van der Waals surface area contributed by atoms with E-state index in [0.717, 1.165) is 5.56 Å². The number of aromatic nitrogens is 6. The van der Waals surface area contributed by atoms with Gasteiger partial charge in [-0.2, -0.15) is 14.6 Å². The first kappa shape index (κ1) is 17.2. The molecular weight excluding hydrogens is 406 g/mol. The summed E-state index contributed by atoms with van der Waals surface area (Å²) in [5, 5.41) is 14.3. The van der Waals surface area contributed by atoms with Crippen molar-refractivity contribution in [3.63, 3.8) is 0 Å². The molecule has 3 aromatic heterocycles. The van der Waals surface area contributed by atoms with Crippen LogP contribution in [0.1, 0.15) is 11.4 Å². The van der Waals surface area contributed by atoms with Gasteiger partial charge < -0.3 is 9.72 Å². The first-order valence-electron chi connectivity index (χ1n) is 8.25. The van der Waals surface area contributed by atoms with Crippen molar-refractivity contribution in [2.45, 2.75) is 6.42 Å². The van der Waals surface area contributed by atoms with Gasteiger partial charge in [0.05, 0.1) is 28.1 Å². The minimum atomic E-state index is -0.296. The lowest BCUT2D eigenvalue weighted by Gasteiger charge is -2.05. The van der Waals surface area contributed by atoms with Gasteiger partial charge in [0.15, 0.2) is 11.5 Å². The van der Waals surface area contributed by atoms with Gasteiger partial charge in [-0.25, -0.2) is 4.39 Å². The fourth-order valence-corrected chi connectivity index (χ4v) is 3.70. The predicted molar refractivity (Wildman–Crippen MR) is 104 cm³/mol. The Kier molecular flexibility index (Phi) is 3.85. The van der Waals surface area contributed by atoms with Gasteiger partial charge in [-0.3, -0.25) is 0 Å². The lowest BCUT2D eigenvalue weighted by molar-refractivity contribution is 0.415. The second-order valence-electron chi connectivity index (χ2n) is 6.19. The molecule has 28 heavy (non-hydrogen) atoms. The molecule has 0 saturated heterocycles. The largest absolute Gasteiger partial charge is 0.495 e. The molecule has 0 radical (unpaired) electrons. The number of hydrogen-bond acceptors (Lipinski definition) is 5. The Bertz CT molecular complexity index is 1360. The van der Waals surface area contributed by atoms with Crippen molar-refractivity contribution >= 4 is 51.0 Å². The van der Waals surface area contributed by atoms with Gasteiger partial charge in [-0.05, 0) is 17.7 Å². The molecule has 0 bridgehead atoms. The number of H-pyrrole nitrogens is 1.